The van der Waals surface area contributed by atoms with E-state index >= 15 is 0 Å². The molecule has 15 heavy (non-hydrogen) atoms. The maximum absolute atomic E-state index is 4.48. The molecule has 1 aromatic heterocycles. The Morgan fingerprint density at radius 2 is 2.47 bits per heavy atom. The summed E-state index contributed by atoms with van der Waals surface area (Å²) in [4.78, 5) is 4.48. The van der Waals surface area contributed by atoms with Crippen LogP contribution in [0.3, 0.4) is 0 Å². The molecule has 2 unspecified atom stereocenters. The molecule has 1 aromatic rings. The van der Waals surface area contributed by atoms with Crippen molar-refractivity contribution in [3.63, 3.8) is 0 Å². The van der Waals surface area contributed by atoms with E-state index in [0.29, 0.717) is 6.04 Å². The van der Waals surface area contributed by atoms with E-state index in [1.54, 1.807) is 18.1 Å². The lowest BCUT2D eigenvalue weighted by Crippen LogP contribution is -2.25. The van der Waals surface area contributed by atoms with Crippen LogP contribution in [0.4, 0.5) is 0 Å². The molecule has 0 spiro atoms. The number of hydrogen-bond donors (Lipinski definition) is 1. The Kier molecular flexibility index (Phi) is 2.95. The Morgan fingerprint density at radius 1 is 1.67 bits per heavy atom. The second kappa shape index (κ2) is 4.22. The summed E-state index contributed by atoms with van der Waals surface area (Å²) in [6, 6.07) is 0.568. The topological polar surface area (TPSA) is 55.1 Å². The van der Waals surface area contributed by atoms with Crippen molar-refractivity contribution in [1.29, 1.82) is 0 Å². The molecule has 5 nitrogen and oxygen atoms in total. The van der Waals surface area contributed by atoms with Gasteiger partial charge in [-0.3, -0.25) is 4.99 Å². The summed E-state index contributed by atoms with van der Waals surface area (Å²) in [6.45, 7) is 4.19. The van der Waals surface area contributed by atoms with Crippen molar-refractivity contribution in [2.24, 2.45) is 12.0 Å². The van der Waals surface area contributed by atoms with Crippen molar-refractivity contribution in [2.45, 2.75) is 25.9 Å². The van der Waals surface area contributed by atoms with Gasteiger partial charge in [0.25, 0.3) is 0 Å². The lowest BCUT2D eigenvalue weighted by atomic mass is 10.3. The monoisotopic (exact) mass is 225 g/mol. The van der Waals surface area contributed by atoms with Crippen molar-refractivity contribution in [2.75, 3.05) is 5.75 Å². The minimum absolute atomic E-state index is 0.147. The summed E-state index contributed by atoms with van der Waals surface area (Å²) < 4.78 is 1.92. The van der Waals surface area contributed by atoms with Crippen LogP contribution in [0.25, 0.3) is 0 Å². The molecule has 2 heterocycles. The number of nitrogens with zero attached hydrogens (tertiary/aromatic N) is 4. The Hall–Kier alpha value is -1.04. The molecular formula is C9H15N5S. The lowest BCUT2D eigenvalue weighted by Gasteiger charge is -2.12. The third-order valence-corrected chi connectivity index (χ3v) is 3.42. The molecule has 0 fully saturated rings. The molecule has 1 aliphatic heterocycles. The maximum Gasteiger partial charge on any atom is 0.157 e. The van der Waals surface area contributed by atoms with Gasteiger partial charge in [0.2, 0.25) is 0 Å². The van der Waals surface area contributed by atoms with Crippen molar-refractivity contribution in [1.82, 2.24) is 20.1 Å². The van der Waals surface area contributed by atoms with Crippen molar-refractivity contribution in [3.8, 4) is 0 Å². The van der Waals surface area contributed by atoms with Crippen LogP contribution in [0.2, 0.25) is 0 Å². The van der Waals surface area contributed by atoms with Gasteiger partial charge in [0.05, 0.1) is 12.1 Å². The highest BCUT2D eigenvalue weighted by Gasteiger charge is 2.18. The van der Waals surface area contributed by atoms with Crippen LogP contribution < -0.4 is 5.32 Å². The van der Waals surface area contributed by atoms with Gasteiger partial charge in [0.15, 0.2) is 11.0 Å². The van der Waals surface area contributed by atoms with E-state index in [4.69, 9.17) is 0 Å². The van der Waals surface area contributed by atoms with Gasteiger partial charge >= 0.3 is 0 Å². The third-order valence-electron chi connectivity index (χ3n) is 2.27. The molecule has 1 aliphatic rings. The summed E-state index contributed by atoms with van der Waals surface area (Å²) in [5.41, 5.74) is 0. The van der Waals surface area contributed by atoms with Gasteiger partial charge in [-0.25, -0.2) is 0 Å². The predicted octanol–water partition coefficient (Wildman–Crippen LogP) is 0.957. The first-order valence-electron chi connectivity index (χ1n) is 4.98. The molecular weight excluding hydrogens is 210 g/mol. The average Bonchev–Trinajstić information content (AvgIpc) is 2.75. The fourth-order valence-electron chi connectivity index (χ4n) is 1.49. The highest BCUT2D eigenvalue weighted by atomic mass is 32.2. The molecule has 0 radical (unpaired) electrons. The van der Waals surface area contributed by atoms with Gasteiger partial charge in [-0.1, -0.05) is 11.8 Å². The number of aryl methyl sites for hydroxylation is 1. The molecule has 82 valence electrons. The zero-order chi connectivity index (χ0) is 10.8. The normalized spacial score (nSPS) is 22.6. The average molecular weight is 225 g/mol. The third kappa shape index (κ3) is 2.31. The Bertz CT molecular complexity index is 372. The number of aromatic nitrogens is 3. The zero-order valence-corrected chi connectivity index (χ0v) is 9.95. The SMILES string of the molecule is CC1CSC(NC(C)c2nncn2C)=N1. The number of thioether (sulfide) groups is 1. The summed E-state index contributed by atoms with van der Waals surface area (Å²) in [6.07, 6.45) is 1.71. The molecule has 2 rings (SSSR count). The van der Waals surface area contributed by atoms with Crippen LogP contribution >= 0.6 is 11.8 Å². The first-order valence-corrected chi connectivity index (χ1v) is 5.96. The maximum atomic E-state index is 4.48. The van der Waals surface area contributed by atoms with Crippen molar-refractivity contribution >= 4 is 16.9 Å². The number of aliphatic imine (C=N–C) groups is 1. The molecule has 0 saturated carbocycles. The summed E-state index contributed by atoms with van der Waals surface area (Å²) in [5.74, 6) is 1.99. The molecule has 0 aromatic carbocycles. The van der Waals surface area contributed by atoms with Crippen molar-refractivity contribution in [3.05, 3.63) is 12.2 Å². The summed E-state index contributed by atoms with van der Waals surface area (Å²) in [7, 11) is 1.94. The van der Waals surface area contributed by atoms with E-state index < -0.39 is 0 Å². The molecule has 0 saturated heterocycles. The largest absolute Gasteiger partial charge is 0.355 e. The molecule has 0 amide bonds. The minimum atomic E-state index is 0.147. The summed E-state index contributed by atoms with van der Waals surface area (Å²) >= 11 is 1.76. The van der Waals surface area contributed by atoms with E-state index in [1.807, 2.05) is 11.6 Å². The second-order valence-corrected chi connectivity index (χ2v) is 4.77. The smallest absolute Gasteiger partial charge is 0.157 e. The van der Waals surface area contributed by atoms with E-state index in [1.165, 1.54) is 0 Å². The first-order chi connectivity index (χ1) is 7.16. The van der Waals surface area contributed by atoms with E-state index in [9.17, 15) is 0 Å². The standard InChI is InChI=1S/C9H15N5S/c1-6-4-15-9(11-6)12-7(2)8-13-10-5-14(8)3/h5-7H,4H2,1-3H3,(H,11,12). The Morgan fingerprint density at radius 3 is 3.00 bits per heavy atom. The predicted molar refractivity (Wildman–Crippen MR) is 61.9 cm³/mol. The Balaban J connectivity index is 2.01. The molecule has 0 aliphatic carbocycles. The van der Waals surface area contributed by atoms with Crippen LogP contribution in [-0.2, 0) is 7.05 Å². The zero-order valence-electron chi connectivity index (χ0n) is 9.14. The summed E-state index contributed by atoms with van der Waals surface area (Å²) in [5, 5.41) is 12.3. The van der Waals surface area contributed by atoms with Gasteiger partial charge in [-0.2, -0.15) is 0 Å². The quantitative estimate of drug-likeness (QED) is 0.814. The fourth-order valence-corrected chi connectivity index (χ4v) is 2.48. The van der Waals surface area contributed by atoms with Crippen LogP contribution in [-0.4, -0.2) is 31.7 Å². The van der Waals surface area contributed by atoms with Crippen LogP contribution in [0.5, 0.6) is 0 Å². The van der Waals surface area contributed by atoms with Gasteiger partial charge < -0.3 is 9.88 Å². The fraction of sp³-hybridized carbons (Fsp3) is 0.667. The van der Waals surface area contributed by atoms with Crippen molar-refractivity contribution < 1.29 is 0 Å². The van der Waals surface area contributed by atoms with E-state index in [2.05, 4.69) is 34.4 Å². The highest BCUT2D eigenvalue weighted by molar-refractivity contribution is 8.14. The molecule has 2 atom stereocenters. The van der Waals surface area contributed by atoms with Gasteiger partial charge in [0, 0.05) is 12.8 Å². The number of nitrogens with one attached hydrogen (secondary N) is 1. The van der Waals surface area contributed by atoms with Crippen LogP contribution in [0.15, 0.2) is 11.3 Å². The van der Waals surface area contributed by atoms with Gasteiger partial charge in [-0.15, -0.1) is 10.2 Å². The second-order valence-electron chi connectivity index (χ2n) is 3.76. The van der Waals surface area contributed by atoms with E-state index in [-0.39, 0.29) is 6.04 Å². The highest BCUT2D eigenvalue weighted by Crippen LogP contribution is 2.18. The minimum Gasteiger partial charge on any atom is -0.355 e. The number of hydrogen-bond acceptors (Lipinski definition) is 5. The number of rotatable bonds is 2. The first kappa shape index (κ1) is 10.5. The lowest BCUT2D eigenvalue weighted by molar-refractivity contribution is 0.628. The number of amidine groups is 1. The molecule has 1 N–H and O–H groups in total. The van der Waals surface area contributed by atoms with Gasteiger partial charge in [0.1, 0.15) is 6.33 Å². The molecule has 6 heteroatoms. The van der Waals surface area contributed by atoms with E-state index in [0.717, 1.165) is 16.7 Å². The van der Waals surface area contributed by atoms with Crippen LogP contribution in [0, 0.1) is 0 Å². The van der Waals surface area contributed by atoms with Gasteiger partial charge in [-0.05, 0) is 13.8 Å². The Labute approximate surface area is 93.4 Å². The van der Waals surface area contributed by atoms with Crippen LogP contribution in [0.1, 0.15) is 25.7 Å². The molecule has 0 bridgehead atoms.